The van der Waals surface area contributed by atoms with Gasteiger partial charge in [0, 0.05) is 11.3 Å². The highest BCUT2D eigenvalue weighted by molar-refractivity contribution is 8.13. The van der Waals surface area contributed by atoms with Crippen LogP contribution in [0.1, 0.15) is 26.7 Å². The van der Waals surface area contributed by atoms with Gasteiger partial charge in [-0.3, -0.25) is 4.99 Å². The van der Waals surface area contributed by atoms with Crippen LogP contribution in [0, 0.1) is 0 Å². The summed E-state index contributed by atoms with van der Waals surface area (Å²) < 4.78 is 35.6. The molecule has 1 N–H and O–H groups in total. The fourth-order valence-electron chi connectivity index (χ4n) is 1.16. The third kappa shape index (κ3) is 5.30. The highest BCUT2D eigenvalue weighted by atomic mass is 32.2. The SMILES string of the molecule is CC1(C)CCSC(=NCCC(F)(F)F)N1. The lowest BCUT2D eigenvalue weighted by Crippen LogP contribution is -2.46. The van der Waals surface area contributed by atoms with E-state index in [4.69, 9.17) is 0 Å². The zero-order valence-corrected chi connectivity index (χ0v) is 9.63. The molecule has 2 nitrogen and oxygen atoms in total. The third-order valence-corrected chi connectivity index (χ3v) is 2.97. The van der Waals surface area contributed by atoms with Gasteiger partial charge in [0.25, 0.3) is 0 Å². The highest BCUT2D eigenvalue weighted by Crippen LogP contribution is 2.23. The molecule has 1 fully saturated rings. The van der Waals surface area contributed by atoms with Crippen LogP contribution in [-0.2, 0) is 0 Å². The number of halogens is 3. The molecular weight excluding hydrogens is 225 g/mol. The Morgan fingerprint density at radius 1 is 1.47 bits per heavy atom. The van der Waals surface area contributed by atoms with Crippen LogP contribution < -0.4 is 5.32 Å². The molecule has 88 valence electrons. The van der Waals surface area contributed by atoms with Crippen molar-refractivity contribution in [3.8, 4) is 0 Å². The monoisotopic (exact) mass is 240 g/mol. The molecule has 1 saturated heterocycles. The Bertz CT molecular complexity index is 248. The second kappa shape index (κ2) is 4.63. The van der Waals surface area contributed by atoms with Gasteiger partial charge in [-0.1, -0.05) is 11.8 Å². The summed E-state index contributed by atoms with van der Waals surface area (Å²) in [5.74, 6) is 0.908. The topological polar surface area (TPSA) is 24.4 Å². The Balaban J connectivity index is 2.40. The van der Waals surface area contributed by atoms with Gasteiger partial charge in [0.05, 0.1) is 13.0 Å². The van der Waals surface area contributed by atoms with Gasteiger partial charge < -0.3 is 5.32 Å². The number of alkyl halides is 3. The Morgan fingerprint density at radius 3 is 2.67 bits per heavy atom. The Labute approximate surface area is 91.7 Å². The number of thioether (sulfide) groups is 1. The maximum Gasteiger partial charge on any atom is 0.390 e. The van der Waals surface area contributed by atoms with Crippen LogP contribution in [-0.4, -0.2) is 29.2 Å². The summed E-state index contributed by atoms with van der Waals surface area (Å²) in [7, 11) is 0. The molecule has 1 aliphatic heterocycles. The molecule has 0 aliphatic carbocycles. The first-order chi connectivity index (χ1) is 6.79. The molecule has 0 radical (unpaired) electrons. The number of aliphatic imine (C=N–C) groups is 1. The molecule has 1 rings (SSSR count). The van der Waals surface area contributed by atoms with Gasteiger partial charge in [0.2, 0.25) is 0 Å². The minimum Gasteiger partial charge on any atom is -0.360 e. The van der Waals surface area contributed by atoms with Gasteiger partial charge in [-0.15, -0.1) is 0 Å². The minimum absolute atomic E-state index is 0.0533. The van der Waals surface area contributed by atoms with Crippen molar-refractivity contribution in [3.63, 3.8) is 0 Å². The lowest BCUT2D eigenvalue weighted by atomic mass is 10.0. The number of hydrogen-bond acceptors (Lipinski definition) is 2. The van der Waals surface area contributed by atoms with Gasteiger partial charge in [0.1, 0.15) is 0 Å². The Kier molecular flexibility index (Phi) is 3.92. The summed E-state index contributed by atoms with van der Waals surface area (Å²) in [6, 6.07) is 0. The fraction of sp³-hybridized carbons (Fsp3) is 0.889. The summed E-state index contributed by atoms with van der Waals surface area (Å²) in [6.45, 7) is 3.85. The van der Waals surface area contributed by atoms with E-state index in [0.717, 1.165) is 12.2 Å². The largest absolute Gasteiger partial charge is 0.390 e. The molecule has 1 aliphatic rings. The second-order valence-electron chi connectivity index (χ2n) is 4.16. The average molecular weight is 240 g/mol. The first-order valence-electron chi connectivity index (χ1n) is 4.81. The first-order valence-corrected chi connectivity index (χ1v) is 5.79. The van der Waals surface area contributed by atoms with Crippen LogP contribution in [0.2, 0.25) is 0 Å². The maximum absolute atomic E-state index is 11.9. The van der Waals surface area contributed by atoms with Gasteiger partial charge >= 0.3 is 6.18 Å². The summed E-state index contributed by atoms with van der Waals surface area (Å²) in [5, 5.41) is 3.76. The molecule has 0 atom stereocenters. The van der Waals surface area contributed by atoms with E-state index in [1.807, 2.05) is 13.8 Å². The van der Waals surface area contributed by atoms with E-state index in [0.29, 0.717) is 5.17 Å². The smallest absolute Gasteiger partial charge is 0.360 e. The van der Waals surface area contributed by atoms with Crippen molar-refractivity contribution in [3.05, 3.63) is 0 Å². The number of nitrogens with zero attached hydrogens (tertiary/aromatic N) is 1. The number of nitrogens with one attached hydrogen (secondary N) is 1. The van der Waals surface area contributed by atoms with Crippen LogP contribution in [0.5, 0.6) is 0 Å². The summed E-state index contributed by atoms with van der Waals surface area (Å²) in [4.78, 5) is 3.91. The van der Waals surface area contributed by atoms with E-state index in [2.05, 4.69) is 10.3 Å². The predicted octanol–water partition coefficient (Wildman–Crippen LogP) is 2.80. The van der Waals surface area contributed by atoms with Crippen molar-refractivity contribution in [1.29, 1.82) is 0 Å². The molecule has 0 amide bonds. The minimum atomic E-state index is -4.11. The standard InChI is InChI=1S/C9H15F3N2S/c1-8(2)4-6-15-7(14-8)13-5-3-9(10,11)12/h3-6H2,1-2H3,(H,13,14). The van der Waals surface area contributed by atoms with Crippen molar-refractivity contribution in [2.24, 2.45) is 4.99 Å². The number of hydrogen-bond donors (Lipinski definition) is 1. The predicted molar refractivity (Wildman–Crippen MR) is 57.3 cm³/mol. The van der Waals surface area contributed by atoms with Crippen molar-refractivity contribution < 1.29 is 13.2 Å². The van der Waals surface area contributed by atoms with E-state index in [-0.39, 0.29) is 12.1 Å². The molecule has 0 bridgehead atoms. The molecule has 0 aromatic rings. The number of rotatable bonds is 2. The summed E-state index contributed by atoms with van der Waals surface area (Å²) >= 11 is 1.49. The molecule has 6 heteroatoms. The average Bonchev–Trinajstić information content (AvgIpc) is 1.99. The van der Waals surface area contributed by atoms with E-state index in [1.54, 1.807) is 0 Å². The lowest BCUT2D eigenvalue weighted by molar-refractivity contribution is -0.132. The van der Waals surface area contributed by atoms with Gasteiger partial charge in [0.15, 0.2) is 5.17 Å². The zero-order valence-electron chi connectivity index (χ0n) is 8.82. The molecule has 0 aromatic carbocycles. The van der Waals surface area contributed by atoms with Crippen LogP contribution in [0.15, 0.2) is 4.99 Å². The molecule has 0 spiro atoms. The zero-order chi connectivity index (χ0) is 11.5. The molecule has 0 aromatic heterocycles. The molecule has 0 unspecified atom stereocenters. The van der Waals surface area contributed by atoms with Crippen molar-refractivity contribution in [2.45, 2.75) is 38.4 Å². The first kappa shape index (κ1) is 12.7. The van der Waals surface area contributed by atoms with E-state index < -0.39 is 12.6 Å². The molecule has 15 heavy (non-hydrogen) atoms. The Hall–Kier alpha value is -0.390. The van der Waals surface area contributed by atoms with Gasteiger partial charge in [-0.25, -0.2) is 0 Å². The van der Waals surface area contributed by atoms with Gasteiger partial charge in [-0.2, -0.15) is 13.2 Å². The van der Waals surface area contributed by atoms with E-state index in [1.165, 1.54) is 11.8 Å². The van der Waals surface area contributed by atoms with Crippen molar-refractivity contribution in [2.75, 3.05) is 12.3 Å². The number of amidine groups is 1. The van der Waals surface area contributed by atoms with Crippen molar-refractivity contribution >= 4 is 16.9 Å². The van der Waals surface area contributed by atoms with Crippen LogP contribution in [0.25, 0.3) is 0 Å². The van der Waals surface area contributed by atoms with Crippen LogP contribution in [0.4, 0.5) is 13.2 Å². The molecule has 0 saturated carbocycles. The quantitative estimate of drug-likeness (QED) is 0.802. The molecular formula is C9H15F3N2S. The van der Waals surface area contributed by atoms with E-state index >= 15 is 0 Å². The summed E-state index contributed by atoms with van der Waals surface area (Å²) in [5.41, 5.74) is -0.0533. The fourth-order valence-corrected chi connectivity index (χ4v) is 2.50. The van der Waals surface area contributed by atoms with Crippen LogP contribution in [0.3, 0.4) is 0 Å². The lowest BCUT2D eigenvalue weighted by Gasteiger charge is -2.32. The highest BCUT2D eigenvalue weighted by Gasteiger charge is 2.27. The molecule has 1 heterocycles. The maximum atomic E-state index is 11.9. The third-order valence-electron chi connectivity index (χ3n) is 2.06. The summed E-state index contributed by atoms with van der Waals surface area (Å²) in [6.07, 6.45) is -3.96. The second-order valence-corrected chi connectivity index (χ2v) is 5.24. The van der Waals surface area contributed by atoms with E-state index in [9.17, 15) is 13.2 Å². The van der Waals surface area contributed by atoms with Crippen LogP contribution >= 0.6 is 11.8 Å². The Morgan fingerprint density at radius 2 is 2.13 bits per heavy atom. The normalized spacial score (nSPS) is 23.9. The van der Waals surface area contributed by atoms with Gasteiger partial charge in [-0.05, 0) is 20.3 Å². The van der Waals surface area contributed by atoms with Crippen molar-refractivity contribution in [1.82, 2.24) is 5.32 Å².